The van der Waals surface area contributed by atoms with E-state index in [1.54, 1.807) is 6.92 Å². The first-order valence-corrected chi connectivity index (χ1v) is 2.73. The van der Waals surface area contributed by atoms with Gasteiger partial charge in [0.2, 0.25) is 0 Å². The molecule has 0 nitrogen and oxygen atoms in total. The van der Waals surface area contributed by atoms with Gasteiger partial charge >= 0.3 is 6.18 Å². The lowest BCUT2D eigenvalue weighted by Gasteiger charge is -2.06. The fraction of sp³-hybridized carbons (Fsp3) is 0.667. The molecular formula is C6H9F3. The van der Waals surface area contributed by atoms with Crippen LogP contribution in [0.25, 0.3) is 0 Å². The number of alkyl halides is 3. The minimum Gasteiger partial charge on any atom is -0.167 e. The highest BCUT2D eigenvalue weighted by molar-refractivity contribution is 5.01. The molecule has 0 aliphatic heterocycles. The number of rotatable bonds is 2. The van der Waals surface area contributed by atoms with Gasteiger partial charge in [-0.1, -0.05) is 19.9 Å². The van der Waals surface area contributed by atoms with Crippen LogP contribution >= 0.6 is 0 Å². The summed E-state index contributed by atoms with van der Waals surface area (Å²) in [7, 11) is 0. The molecule has 0 radical (unpaired) electrons. The molecule has 0 rings (SSSR count). The van der Waals surface area contributed by atoms with Gasteiger partial charge in [-0.15, -0.1) is 0 Å². The van der Waals surface area contributed by atoms with E-state index < -0.39 is 11.7 Å². The van der Waals surface area contributed by atoms with Gasteiger partial charge in [0.25, 0.3) is 0 Å². The molecule has 0 aromatic heterocycles. The average molecular weight is 138 g/mol. The monoisotopic (exact) mass is 138 g/mol. The van der Waals surface area contributed by atoms with E-state index >= 15 is 0 Å². The van der Waals surface area contributed by atoms with Gasteiger partial charge in [0.1, 0.15) is 0 Å². The molecule has 0 aromatic carbocycles. The Morgan fingerprint density at radius 2 is 1.89 bits per heavy atom. The van der Waals surface area contributed by atoms with Crippen molar-refractivity contribution in [1.82, 2.24) is 0 Å². The summed E-state index contributed by atoms with van der Waals surface area (Å²) < 4.78 is 34.6. The maximum atomic E-state index is 11.5. The molecule has 0 unspecified atom stereocenters. The SMILES string of the molecule is C=C(CCC)C(F)(F)F. The summed E-state index contributed by atoms with van der Waals surface area (Å²) in [5.74, 6) is 0. The second-order valence-corrected chi connectivity index (χ2v) is 1.85. The average Bonchev–Trinajstić information content (AvgIpc) is 1.64. The van der Waals surface area contributed by atoms with E-state index in [0.29, 0.717) is 6.42 Å². The highest BCUT2D eigenvalue weighted by atomic mass is 19.4. The Hall–Kier alpha value is -0.470. The summed E-state index contributed by atoms with van der Waals surface area (Å²) in [6.07, 6.45) is -3.64. The molecule has 3 heteroatoms. The van der Waals surface area contributed by atoms with Crippen molar-refractivity contribution in [3.63, 3.8) is 0 Å². The third kappa shape index (κ3) is 3.16. The van der Waals surface area contributed by atoms with Crippen LogP contribution in [0.3, 0.4) is 0 Å². The molecule has 0 aromatic rings. The fourth-order valence-electron chi connectivity index (χ4n) is 0.444. The zero-order chi connectivity index (χ0) is 7.49. The lowest BCUT2D eigenvalue weighted by Crippen LogP contribution is -2.09. The van der Waals surface area contributed by atoms with Crippen LogP contribution in [0, 0.1) is 0 Å². The van der Waals surface area contributed by atoms with Crippen LogP contribution in [0.1, 0.15) is 19.8 Å². The predicted molar refractivity (Wildman–Crippen MR) is 30.1 cm³/mol. The highest BCUT2D eigenvalue weighted by Gasteiger charge is 2.30. The van der Waals surface area contributed by atoms with Gasteiger partial charge in [0.15, 0.2) is 0 Å². The zero-order valence-corrected chi connectivity index (χ0v) is 5.26. The highest BCUT2D eigenvalue weighted by Crippen LogP contribution is 2.26. The van der Waals surface area contributed by atoms with Gasteiger partial charge in [0.05, 0.1) is 0 Å². The zero-order valence-electron chi connectivity index (χ0n) is 5.26. The Bertz CT molecular complexity index is 101. The van der Waals surface area contributed by atoms with Crippen molar-refractivity contribution in [2.45, 2.75) is 25.9 Å². The molecule has 0 bridgehead atoms. The van der Waals surface area contributed by atoms with E-state index in [1.807, 2.05) is 0 Å². The quantitative estimate of drug-likeness (QED) is 0.514. The maximum Gasteiger partial charge on any atom is 0.412 e. The Morgan fingerprint density at radius 1 is 1.44 bits per heavy atom. The van der Waals surface area contributed by atoms with Crippen molar-refractivity contribution in [2.75, 3.05) is 0 Å². The van der Waals surface area contributed by atoms with Crippen LogP contribution in [0.5, 0.6) is 0 Å². The number of hydrogen-bond donors (Lipinski definition) is 0. The summed E-state index contributed by atoms with van der Waals surface area (Å²) in [5, 5.41) is 0. The number of hydrogen-bond acceptors (Lipinski definition) is 0. The number of halogens is 3. The topological polar surface area (TPSA) is 0 Å². The van der Waals surface area contributed by atoms with Crippen LogP contribution in [-0.4, -0.2) is 6.18 Å². The van der Waals surface area contributed by atoms with Crippen molar-refractivity contribution in [2.24, 2.45) is 0 Å². The minimum atomic E-state index is -4.18. The van der Waals surface area contributed by atoms with E-state index in [4.69, 9.17) is 0 Å². The van der Waals surface area contributed by atoms with Gasteiger partial charge in [0, 0.05) is 5.57 Å². The maximum absolute atomic E-state index is 11.5. The first-order chi connectivity index (χ1) is 3.98. The van der Waals surface area contributed by atoms with Crippen molar-refractivity contribution < 1.29 is 13.2 Å². The lowest BCUT2D eigenvalue weighted by molar-refractivity contribution is -0.0936. The van der Waals surface area contributed by atoms with E-state index in [1.165, 1.54) is 0 Å². The molecule has 0 N–H and O–H groups in total. The summed E-state index contributed by atoms with van der Waals surface area (Å²) >= 11 is 0. The van der Waals surface area contributed by atoms with Gasteiger partial charge in [-0.3, -0.25) is 0 Å². The lowest BCUT2D eigenvalue weighted by atomic mass is 10.2. The van der Waals surface area contributed by atoms with Gasteiger partial charge < -0.3 is 0 Å². The standard InChI is InChI=1S/C6H9F3/c1-3-4-5(2)6(7,8)9/h2-4H2,1H3. The van der Waals surface area contributed by atoms with Crippen molar-refractivity contribution in [1.29, 1.82) is 0 Å². The van der Waals surface area contributed by atoms with Crippen LogP contribution in [0.15, 0.2) is 12.2 Å². The smallest absolute Gasteiger partial charge is 0.167 e. The molecule has 0 fully saturated rings. The number of allylic oxidation sites excluding steroid dienone is 1. The fourth-order valence-corrected chi connectivity index (χ4v) is 0.444. The third-order valence-corrected chi connectivity index (χ3v) is 0.953. The molecule has 0 saturated heterocycles. The second kappa shape index (κ2) is 2.90. The molecule has 9 heavy (non-hydrogen) atoms. The van der Waals surface area contributed by atoms with E-state index in [0.717, 1.165) is 0 Å². The summed E-state index contributed by atoms with van der Waals surface area (Å²) in [6.45, 7) is 4.58. The Labute approximate surface area is 52.4 Å². The normalized spacial score (nSPS) is 11.6. The van der Waals surface area contributed by atoms with E-state index in [2.05, 4.69) is 6.58 Å². The van der Waals surface area contributed by atoms with Gasteiger partial charge in [-0.25, -0.2) is 0 Å². The van der Waals surface area contributed by atoms with Crippen molar-refractivity contribution >= 4 is 0 Å². The van der Waals surface area contributed by atoms with Crippen molar-refractivity contribution in [3.05, 3.63) is 12.2 Å². The molecule has 0 aliphatic rings. The van der Waals surface area contributed by atoms with Crippen LogP contribution in [0.2, 0.25) is 0 Å². The molecule has 0 saturated carbocycles. The third-order valence-electron chi connectivity index (χ3n) is 0.953. The summed E-state index contributed by atoms with van der Waals surface area (Å²) in [4.78, 5) is 0. The molecular weight excluding hydrogens is 129 g/mol. The van der Waals surface area contributed by atoms with Crippen molar-refractivity contribution in [3.8, 4) is 0 Å². The Kier molecular flexibility index (Phi) is 2.74. The summed E-state index contributed by atoms with van der Waals surface area (Å²) in [6, 6.07) is 0. The van der Waals surface area contributed by atoms with Crippen LogP contribution < -0.4 is 0 Å². The van der Waals surface area contributed by atoms with Gasteiger partial charge in [-0.05, 0) is 6.42 Å². The molecule has 0 atom stereocenters. The molecule has 0 spiro atoms. The Morgan fingerprint density at radius 3 is 2.00 bits per heavy atom. The molecule has 0 amide bonds. The minimum absolute atomic E-state index is 0.0451. The second-order valence-electron chi connectivity index (χ2n) is 1.85. The van der Waals surface area contributed by atoms with Crippen LogP contribution in [0.4, 0.5) is 13.2 Å². The van der Waals surface area contributed by atoms with Crippen LogP contribution in [-0.2, 0) is 0 Å². The predicted octanol–water partition coefficient (Wildman–Crippen LogP) is 2.91. The molecule has 54 valence electrons. The molecule has 0 aliphatic carbocycles. The Balaban J connectivity index is 3.74. The van der Waals surface area contributed by atoms with E-state index in [9.17, 15) is 13.2 Å². The molecule has 0 heterocycles. The first kappa shape index (κ1) is 8.53. The first-order valence-electron chi connectivity index (χ1n) is 2.73. The van der Waals surface area contributed by atoms with Gasteiger partial charge in [-0.2, -0.15) is 13.2 Å². The largest absolute Gasteiger partial charge is 0.412 e. The van der Waals surface area contributed by atoms with E-state index in [-0.39, 0.29) is 6.42 Å². The summed E-state index contributed by atoms with van der Waals surface area (Å²) in [5.41, 5.74) is -0.634.